The molecule has 0 bridgehead atoms. The monoisotopic (exact) mass is 461 g/mol. The van der Waals surface area contributed by atoms with E-state index in [4.69, 9.17) is 18.6 Å². The van der Waals surface area contributed by atoms with Crippen molar-refractivity contribution in [2.75, 3.05) is 18.5 Å². The van der Waals surface area contributed by atoms with Gasteiger partial charge in [-0.15, -0.1) is 0 Å². The van der Waals surface area contributed by atoms with E-state index in [0.29, 0.717) is 14.3 Å². The van der Waals surface area contributed by atoms with E-state index in [0.717, 1.165) is 17.4 Å². The Bertz CT molecular complexity index is 763. The molecule has 27 heavy (non-hydrogen) atoms. The summed E-state index contributed by atoms with van der Waals surface area (Å²) >= 11 is -0.556. The van der Waals surface area contributed by atoms with Crippen molar-refractivity contribution in [3.8, 4) is 5.75 Å². The number of phenols is 1. The molecular weight excluding hydrogens is 432 g/mol. The average molecular weight is 462 g/mol. The van der Waals surface area contributed by atoms with E-state index < -0.39 is 17.0 Å². The molecule has 0 aliphatic rings. The molecule has 2 nitrogen and oxygen atoms in total. The van der Waals surface area contributed by atoms with Crippen LogP contribution in [0.25, 0.3) is 0 Å². The molecule has 6 heteroatoms. The molecule has 2 rings (SSSR count). The first-order valence-electron chi connectivity index (χ1n) is 8.94. The van der Waals surface area contributed by atoms with Gasteiger partial charge in [0.05, 0.1) is 0 Å². The van der Waals surface area contributed by atoms with Gasteiger partial charge in [0.15, 0.2) is 0 Å². The molecule has 2 aromatic carbocycles. The van der Waals surface area contributed by atoms with E-state index >= 15 is 0 Å². The van der Waals surface area contributed by atoms with Crippen LogP contribution in [0.2, 0.25) is 0 Å². The number of benzene rings is 2. The Morgan fingerprint density at radius 1 is 1.11 bits per heavy atom. The summed E-state index contributed by atoms with van der Waals surface area (Å²) in [7, 11) is 12.4. The molecule has 0 heterocycles. The van der Waals surface area contributed by atoms with Crippen LogP contribution in [0.5, 0.6) is 5.75 Å². The third-order valence-electron chi connectivity index (χ3n) is 4.56. The number of hydrogen-bond donors (Lipinski definition) is 1. The zero-order valence-corrected chi connectivity index (χ0v) is 21.3. The van der Waals surface area contributed by atoms with E-state index in [1.165, 1.54) is 22.1 Å². The van der Waals surface area contributed by atoms with Crippen LogP contribution in [0.3, 0.4) is 0 Å². The van der Waals surface area contributed by atoms with Crippen LogP contribution in [0.15, 0.2) is 30.3 Å². The van der Waals surface area contributed by atoms with Crippen LogP contribution in [0, 0.1) is 13.8 Å². The van der Waals surface area contributed by atoms with Gasteiger partial charge in [-0.2, -0.15) is 0 Å². The summed E-state index contributed by atoms with van der Waals surface area (Å²) < 4.78 is 0. The van der Waals surface area contributed by atoms with Gasteiger partial charge in [0, 0.05) is 29.9 Å². The molecule has 0 saturated carbocycles. The number of aryl methyl sites for hydroxylation is 2. The van der Waals surface area contributed by atoms with Crippen molar-refractivity contribution in [1.29, 1.82) is 0 Å². The summed E-state index contributed by atoms with van der Waals surface area (Å²) in [5, 5.41) is 13.0. The van der Waals surface area contributed by atoms with Gasteiger partial charge in [0.2, 0.25) is 0 Å². The van der Waals surface area contributed by atoms with Gasteiger partial charge < -0.3 is 10.0 Å². The third kappa shape index (κ3) is 6.95. The van der Waals surface area contributed by atoms with E-state index in [9.17, 15) is 5.11 Å². The van der Waals surface area contributed by atoms with E-state index in [2.05, 4.69) is 76.9 Å². The Balaban J connectivity index is 0.00000114. The summed E-state index contributed by atoms with van der Waals surface area (Å²) in [5.41, 5.74) is 4.86. The molecule has 0 fully saturated rings. The number of anilines is 1. The van der Waals surface area contributed by atoms with Crippen LogP contribution >= 0.6 is 27.2 Å². The van der Waals surface area contributed by atoms with E-state index in [-0.39, 0.29) is 5.41 Å². The minimum absolute atomic E-state index is 0.0759. The molecule has 0 amide bonds. The Morgan fingerprint density at radius 2 is 1.70 bits per heavy atom. The number of rotatable bonds is 4. The van der Waals surface area contributed by atoms with Crippen LogP contribution in [-0.4, -0.2) is 18.7 Å². The van der Waals surface area contributed by atoms with Crippen LogP contribution in [-0.2, 0) is 22.4 Å². The van der Waals surface area contributed by atoms with Crippen molar-refractivity contribution in [3.05, 3.63) is 47.0 Å². The Kier molecular flexibility index (Phi) is 10.2. The van der Waals surface area contributed by atoms with E-state index in [1.807, 2.05) is 6.92 Å². The predicted octanol–water partition coefficient (Wildman–Crippen LogP) is 5.77. The van der Waals surface area contributed by atoms with Crippen molar-refractivity contribution in [2.45, 2.75) is 47.0 Å². The number of nitrogens with zero attached hydrogens (tertiary/aromatic N) is 1. The van der Waals surface area contributed by atoms with Gasteiger partial charge in [-0.25, -0.2) is 0 Å². The molecule has 0 spiro atoms. The molecule has 1 unspecified atom stereocenters. The zero-order chi connectivity index (χ0) is 20.8. The SMILES string of the molecule is CCN(C)c1cccc(C)c1Pc1cc(C(C)(C)C)cc(C)c1O.[Cl][Ti][Cl]. The Morgan fingerprint density at radius 3 is 2.22 bits per heavy atom. The van der Waals surface area contributed by atoms with Gasteiger partial charge in [-0.3, -0.25) is 0 Å². The average Bonchev–Trinajstić information content (AvgIpc) is 2.59. The second-order valence-corrected chi connectivity index (χ2v) is 11.5. The topological polar surface area (TPSA) is 23.5 Å². The molecule has 0 saturated heterocycles. The summed E-state index contributed by atoms with van der Waals surface area (Å²) in [5.74, 6) is 0.440. The number of phenolic OH excluding ortho intramolecular Hbond substituents is 1. The predicted molar refractivity (Wildman–Crippen MR) is 121 cm³/mol. The first-order valence-corrected chi connectivity index (χ1v) is 14.2. The van der Waals surface area contributed by atoms with Gasteiger partial charge in [-0.1, -0.05) is 47.6 Å². The number of hydrogen-bond acceptors (Lipinski definition) is 2. The van der Waals surface area contributed by atoms with E-state index in [1.54, 1.807) is 0 Å². The molecule has 0 radical (unpaired) electrons. The van der Waals surface area contributed by atoms with Gasteiger partial charge >= 0.3 is 35.6 Å². The third-order valence-corrected chi connectivity index (χ3v) is 6.11. The van der Waals surface area contributed by atoms with Crippen molar-refractivity contribution in [2.24, 2.45) is 0 Å². The summed E-state index contributed by atoms with van der Waals surface area (Å²) in [6, 6.07) is 10.7. The van der Waals surface area contributed by atoms with Crippen molar-refractivity contribution in [1.82, 2.24) is 0 Å². The molecule has 0 aromatic heterocycles. The summed E-state index contributed by atoms with van der Waals surface area (Å²) in [6.07, 6.45) is 0. The zero-order valence-electron chi connectivity index (χ0n) is 17.2. The molecule has 0 aliphatic heterocycles. The van der Waals surface area contributed by atoms with Gasteiger partial charge in [0.25, 0.3) is 0 Å². The van der Waals surface area contributed by atoms with Crippen molar-refractivity contribution >= 4 is 43.5 Å². The second-order valence-electron chi connectivity index (χ2n) is 7.62. The molecule has 1 atom stereocenters. The van der Waals surface area contributed by atoms with Crippen LogP contribution in [0.1, 0.15) is 44.4 Å². The van der Waals surface area contributed by atoms with Crippen molar-refractivity contribution < 1.29 is 22.1 Å². The van der Waals surface area contributed by atoms with Crippen LogP contribution < -0.4 is 15.5 Å². The standard InChI is InChI=1S/C21H30NOP.2ClH.Ti/c1-8-22(7)17-11-9-10-14(2)20(17)24-18-13-16(21(4,5)6)12-15(3)19(18)23;;;/h9-13,23-24H,8H2,1-7H3;2*1H;/q;;;+2/p-2. The number of halogens is 2. The summed E-state index contributed by atoms with van der Waals surface area (Å²) in [6.45, 7) is 13.9. The van der Waals surface area contributed by atoms with Gasteiger partial charge in [0.1, 0.15) is 5.75 Å². The normalized spacial score (nSPS) is 11.3. The Hall–Kier alpha value is -0.236. The summed E-state index contributed by atoms with van der Waals surface area (Å²) in [4.78, 5) is 2.27. The molecule has 148 valence electrons. The van der Waals surface area contributed by atoms with Crippen molar-refractivity contribution in [3.63, 3.8) is 0 Å². The fourth-order valence-electron chi connectivity index (χ4n) is 2.75. The maximum atomic E-state index is 10.6. The molecule has 2 aromatic rings. The number of aromatic hydroxyl groups is 1. The minimum atomic E-state index is -0.556. The molecule has 0 aliphatic carbocycles. The molecular formula is C21H30Cl2NOPTi. The quantitative estimate of drug-likeness (QED) is 0.461. The second kappa shape index (κ2) is 11.1. The fourth-order valence-corrected chi connectivity index (χ4v) is 4.24. The van der Waals surface area contributed by atoms with Gasteiger partial charge in [-0.05, 0) is 55.0 Å². The Labute approximate surface area is 183 Å². The molecule has 1 N–H and O–H groups in total. The first-order chi connectivity index (χ1) is 12.6. The fraction of sp³-hybridized carbons (Fsp3) is 0.429. The first kappa shape index (κ1) is 24.8. The van der Waals surface area contributed by atoms with Crippen LogP contribution in [0.4, 0.5) is 5.69 Å². The maximum absolute atomic E-state index is 10.6.